The minimum atomic E-state index is 0.270. The minimum absolute atomic E-state index is 0.270. The number of ether oxygens (including phenoxy) is 1. The highest BCUT2D eigenvalue weighted by atomic mass is 16.5. The molecule has 2 aliphatic heterocycles. The predicted octanol–water partition coefficient (Wildman–Crippen LogP) is 4.98. The number of fused-ring (bicyclic) bond motifs is 3. The molecule has 1 aromatic heterocycles. The van der Waals surface area contributed by atoms with Gasteiger partial charge in [0.25, 0.3) is 0 Å². The molecule has 4 heteroatoms. The second-order valence-corrected chi connectivity index (χ2v) is 9.91. The van der Waals surface area contributed by atoms with E-state index in [-0.39, 0.29) is 5.78 Å². The highest BCUT2D eigenvalue weighted by Crippen LogP contribution is 2.38. The molecule has 3 fully saturated rings. The first-order valence-electron chi connectivity index (χ1n) is 12.1. The van der Waals surface area contributed by atoms with Gasteiger partial charge in [-0.05, 0) is 75.8 Å². The van der Waals surface area contributed by atoms with Gasteiger partial charge >= 0.3 is 0 Å². The van der Waals surface area contributed by atoms with E-state index in [0.717, 1.165) is 37.6 Å². The number of para-hydroxylation sites is 1. The molecule has 2 unspecified atom stereocenters. The first-order chi connectivity index (χ1) is 14.7. The van der Waals surface area contributed by atoms with Crippen LogP contribution in [-0.4, -0.2) is 46.6 Å². The summed E-state index contributed by atoms with van der Waals surface area (Å²) in [6.45, 7) is 4.95. The fourth-order valence-corrected chi connectivity index (χ4v) is 5.72. The van der Waals surface area contributed by atoms with Crippen LogP contribution in [0.1, 0.15) is 63.9 Å². The van der Waals surface area contributed by atoms with Crippen molar-refractivity contribution in [3.63, 3.8) is 0 Å². The molecule has 2 atom stereocenters. The molecule has 0 radical (unpaired) electrons. The largest absolute Gasteiger partial charge is 0.378 e. The molecule has 3 aliphatic rings. The van der Waals surface area contributed by atoms with Gasteiger partial charge in [-0.15, -0.1) is 0 Å². The molecule has 2 bridgehead atoms. The molecule has 0 amide bonds. The zero-order valence-electron chi connectivity index (χ0n) is 18.4. The fourth-order valence-electron chi connectivity index (χ4n) is 5.72. The van der Waals surface area contributed by atoms with E-state index in [1.807, 2.05) is 0 Å². The van der Waals surface area contributed by atoms with Crippen LogP contribution in [0.4, 0.5) is 0 Å². The summed E-state index contributed by atoms with van der Waals surface area (Å²) in [7, 11) is 0. The Balaban J connectivity index is 1.17. The monoisotopic (exact) mass is 408 g/mol. The van der Waals surface area contributed by atoms with Gasteiger partial charge in [0.1, 0.15) is 5.78 Å². The van der Waals surface area contributed by atoms with E-state index < -0.39 is 0 Å². The van der Waals surface area contributed by atoms with E-state index in [2.05, 4.69) is 39.9 Å². The van der Waals surface area contributed by atoms with Crippen LogP contribution >= 0.6 is 0 Å². The van der Waals surface area contributed by atoms with Crippen LogP contribution in [0.15, 0.2) is 30.5 Å². The van der Waals surface area contributed by atoms with Crippen LogP contribution in [0, 0.1) is 5.92 Å². The summed E-state index contributed by atoms with van der Waals surface area (Å²) in [5.41, 5.74) is 2.63. The van der Waals surface area contributed by atoms with Gasteiger partial charge in [0.2, 0.25) is 0 Å². The van der Waals surface area contributed by atoms with Crippen LogP contribution in [-0.2, 0) is 22.5 Å². The average molecular weight is 409 g/mol. The van der Waals surface area contributed by atoms with E-state index in [1.54, 1.807) is 6.92 Å². The maximum atomic E-state index is 11.5. The number of carbonyl (C=O) groups is 1. The lowest BCUT2D eigenvalue weighted by Gasteiger charge is -2.39. The van der Waals surface area contributed by atoms with E-state index in [1.165, 1.54) is 68.0 Å². The molecule has 2 aromatic rings. The SMILES string of the molecule is CC(=O)CCc1cn(CCCN2C3CCC2CC(OCC2CC2)C3)c2ccccc12. The smallest absolute Gasteiger partial charge is 0.130 e. The van der Waals surface area contributed by atoms with Gasteiger partial charge in [0.05, 0.1) is 6.10 Å². The lowest BCUT2D eigenvalue weighted by atomic mass is 9.99. The van der Waals surface area contributed by atoms with Gasteiger partial charge in [-0.1, -0.05) is 18.2 Å². The summed E-state index contributed by atoms with van der Waals surface area (Å²) < 4.78 is 8.66. The average Bonchev–Trinajstić information content (AvgIpc) is 3.46. The Morgan fingerprint density at radius 1 is 1.07 bits per heavy atom. The number of Topliss-reactive ketones (excluding diaryl/α,β-unsaturated/α-hetero) is 1. The number of benzene rings is 1. The summed E-state index contributed by atoms with van der Waals surface area (Å²) in [5.74, 6) is 1.14. The molecule has 0 N–H and O–H groups in total. The Kier molecular flexibility index (Phi) is 5.97. The minimum Gasteiger partial charge on any atom is -0.378 e. The van der Waals surface area contributed by atoms with Gasteiger partial charge in [-0.3, -0.25) is 4.90 Å². The molecule has 1 aliphatic carbocycles. The van der Waals surface area contributed by atoms with E-state index in [0.29, 0.717) is 12.5 Å². The number of hydrogen-bond donors (Lipinski definition) is 0. The number of piperidine rings is 1. The number of nitrogens with zero attached hydrogens (tertiary/aromatic N) is 2. The molecule has 4 nitrogen and oxygen atoms in total. The number of carbonyl (C=O) groups excluding carboxylic acids is 1. The standard InChI is InChI=1S/C26H36N2O2/c1-19(29)7-10-21-17-27(26-6-3-2-5-25(21)26)13-4-14-28-22-11-12-23(28)16-24(15-22)30-18-20-8-9-20/h2-3,5-6,17,20,22-24H,4,7-16,18H2,1H3. The van der Waals surface area contributed by atoms with Crippen molar-refractivity contribution in [3.05, 3.63) is 36.0 Å². The third kappa shape index (κ3) is 4.50. The number of hydrogen-bond acceptors (Lipinski definition) is 3. The van der Waals surface area contributed by atoms with Crippen molar-refractivity contribution in [1.29, 1.82) is 0 Å². The van der Waals surface area contributed by atoms with E-state index in [9.17, 15) is 4.79 Å². The first-order valence-corrected chi connectivity index (χ1v) is 12.1. The zero-order valence-corrected chi connectivity index (χ0v) is 18.4. The Bertz CT molecular complexity index is 870. The van der Waals surface area contributed by atoms with Crippen LogP contribution < -0.4 is 0 Å². The topological polar surface area (TPSA) is 34.5 Å². The Labute approximate surface area is 180 Å². The Morgan fingerprint density at radius 2 is 1.83 bits per heavy atom. The number of aromatic nitrogens is 1. The molecule has 1 saturated carbocycles. The zero-order chi connectivity index (χ0) is 20.5. The lowest BCUT2D eigenvalue weighted by Crippen LogP contribution is -2.46. The normalized spacial score (nSPS) is 26.5. The van der Waals surface area contributed by atoms with Gasteiger partial charge in [0, 0.05) is 55.3 Å². The van der Waals surface area contributed by atoms with Gasteiger partial charge in [-0.25, -0.2) is 0 Å². The summed E-state index contributed by atoms with van der Waals surface area (Å²) in [5, 5.41) is 1.31. The van der Waals surface area contributed by atoms with E-state index >= 15 is 0 Å². The molecule has 162 valence electrons. The van der Waals surface area contributed by atoms with Crippen molar-refractivity contribution in [3.8, 4) is 0 Å². The molecule has 30 heavy (non-hydrogen) atoms. The lowest BCUT2D eigenvalue weighted by molar-refractivity contribution is -0.116. The van der Waals surface area contributed by atoms with Crippen LogP contribution in [0.2, 0.25) is 0 Å². The summed E-state index contributed by atoms with van der Waals surface area (Å²) in [6, 6.07) is 10.1. The van der Waals surface area contributed by atoms with Crippen LogP contribution in [0.3, 0.4) is 0 Å². The molecule has 5 rings (SSSR count). The third-order valence-corrected chi connectivity index (χ3v) is 7.54. The highest BCUT2D eigenvalue weighted by molar-refractivity contribution is 5.85. The molecular weight excluding hydrogens is 372 g/mol. The van der Waals surface area contributed by atoms with Crippen LogP contribution in [0.5, 0.6) is 0 Å². The van der Waals surface area contributed by atoms with Gasteiger partial charge in [-0.2, -0.15) is 0 Å². The van der Waals surface area contributed by atoms with Gasteiger partial charge in [0.15, 0.2) is 0 Å². The van der Waals surface area contributed by atoms with Crippen molar-refractivity contribution in [2.45, 2.75) is 89.4 Å². The maximum absolute atomic E-state index is 11.5. The fraction of sp³-hybridized carbons (Fsp3) is 0.654. The predicted molar refractivity (Wildman–Crippen MR) is 121 cm³/mol. The third-order valence-electron chi connectivity index (χ3n) is 7.54. The highest BCUT2D eigenvalue weighted by Gasteiger charge is 2.41. The van der Waals surface area contributed by atoms with Crippen molar-refractivity contribution in [2.75, 3.05) is 13.2 Å². The van der Waals surface area contributed by atoms with Crippen molar-refractivity contribution >= 4 is 16.7 Å². The number of ketones is 1. The second kappa shape index (κ2) is 8.84. The maximum Gasteiger partial charge on any atom is 0.130 e. The molecule has 3 heterocycles. The molecule has 2 saturated heterocycles. The van der Waals surface area contributed by atoms with Gasteiger partial charge < -0.3 is 14.1 Å². The van der Waals surface area contributed by atoms with Crippen molar-refractivity contribution in [1.82, 2.24) is 9.47 Å². The summed E-state index contributed by atoms with van der Waals surface area (Å²) in [6.07, 6.45) is 13.4. The second-order valence-electron chi connectivity index (χ2n) is 9.91. The quantitative estimate of drug-likeness (QED) is 0.556. The summed E-state index contributed by atoms with van der Waals surface area (Å²) in [4.78, 5) is 14.2. The molecule has 1 aromatic carbocycles. The first kappa shape index (κ1) is 20.3. The van der Waals surface area contributed by atoms with Crippen molar-refractivity contribution < 1.29 is 9.53 Å². The number of rotatable bonds is 10. The Morgan fingerprint density at radius 3 is 2.57 bits per heavy atom. The van der Waals surface area contributed by atoms with Crippen molar-refractivity contribution in [2.24, 2.45) is 5.92 Å². The molecule has 0 spiro atoms. The van der Waals surface area contributed by atoms with E-state index in [4.69, 9.17) is 4.74 Å². The Hall–Kier alpha value is -1.65. The summed E-state index contributed by atoms with van der Waals surface area (Å²) >= 11 is 0. The number of aryl methyl sites for hydroxylation is 2. The van der Waals surface area contributed by atoms with Crippen LogP contribution in [0.25, 0.3) is 10.9 Å². The molecular formula is C26H36N2O2.